The lowest BCUT2D eigenvalue weighted by molar-refractivity contribution is 0.517. The molecule has 0 aliphatic heterocycles. The molecule has 7 heteroatoms. The SMILES string of the molecule is CCCn1ncc(Br)c1C(NN)c1ccc(Br)c(F)c1. The van der Waals surface area contributed by atoms with Crippen molar-refractivity contribution in [1.29, 1.82) is 0 Å². The van der Waals surface area contributed by atoms with Crippen LogP contribution in [0.3, 0.4) is 0 Å². The normalized spacial score (nSPS) is 12.7. The molecule has 1 aromatic carbocycles. The molecule has 2 rings (SSSR count). The molecule has 0 radical (unpaired) electrons. The van der Waals surface area contributed by atoms with Crippen molar-refractivity contribution in [2.45, 2.75) is 25.9 Å². The van der Waals surface area contributed by atoms with Crippen LogP contribution >= 0.6 is 31.9 Å². The lowest BCUT2D eigenvalue weighted by atomic mass is 10.0. The summed E-state index contributed by atoms with van der Waals surface area (Å²) < 4.78 is 16.9. The third-order valence-corrected chi connectivity index (χ3v) is 4.24. The van der Waals surface area contributed by atoms with Gasteiger partial charge in [-0.15, -0.1) is 0 Å². The second-order valence-electron chi connectivity index (χ2n) is 4.37. The lowest BCUT2D eigenvalue weighted by Crippen LogP contribution is -2.31. The van der Waals surface area contributed by atoms with Crippen LogP contribution in [-0.2, 0) is 6.54 Å². The fourth-order valence-electron chi connectivity index (χ4n) is 2.07. The maximum absolute atomic E-state index is 13.7. The molecule has 20 heavy (non-hydrogen) atoms. The van der Waals surface area contributed by atoms with Crippen LogP contribution in [0.2, 0.25) is 0 Å². The van der Waals surface area contributed by atoms with Crippen LogP contribution in [0.25, 0.3) is 0 Å². The topological polar surface area (TPSA) is 55.9 Å². The summed E-state index contributed by atoms with van der Waals surface area (Å²) in [5.41, 5.74) is 4.36. The number of nitrogens with two attached hydrogens (primary N) is 1. The van der Waals surface area contributed by atoms with E-state index in [0.717, 1.165) is 28.7 Å². The van der Waals surface area contributed by atoms with Gasteiger partial charge in [0.15, 0.2) is 0 Å². The Kier molecular flexibility index (Phi) is 5.31. The predicted molar refractivity (Wildman–Crippen MR) is 83.5 cm³/mol. The zero-order valence-corrected chi connectivity index (χ0v) is 14.1. The van der Waals surface area contributed by atoms with E-state index in [1.807, 2.05) is 10.7 Å². The van der Waals surface area contributed by atoms with Crippen LogP contribution in [0.4, 0.5) is 4.39 Å². The first-order chi connectivity index (χ1) is 9.58. The molecule has 0 saturated heterocycles. The maximum atomic E-state index is 13.7. The Labute approximate surface area is 133 Å². The molecule has 0 saturated carbocycles. The van der Waals surface area contributed by atoms with E-state index < -0.39 is 0 Å². The summed E-state index contributed by atoms with van der Waals surface area (Å²) in [4.78, 5) is 0. The van der Waals surface area contributed by atoms with Crippen molar-refractivity contribution in [3.05, 3.63) is 50.4 Å². The van der Waals surface area contributed by atoms with E-state index in [2.05, 4.69) is 49.3 Å². The van der Waals surface area contributed by atoms with E-state index >= 15 is 0 Å². The number of halogens is 3. The van der Waals surface area contributed by atoms with Gasteiger partial charge >= 0.3 is 0 Å². The molecular formula is C13H15Br2FN4. The highest BCUT2D eigenvalue weighted by Crippen LogP contribution is 2.30. The van der Waals surface area contributed by atoms with Gasteiger partial charge in [-0.3, -0.25) is 10.5 Å². The number of benzene rings is 1. The van der Waals surface area contributed by atoms with E-state index in [4.69, 9.17) is 5.84 Å². The highest BCUT2D eigenvalue weighted by atomic mass is 79.9. The number of aromatic nitrogens is 2. The Morgan fingerprint density at radius 1 is 1.40 bits per heavy atom. The Bertz CT molecular complexity index is 600. The monoisotopic (exact) mass is 404 g/mol. The molecule has 0 spiro atoms. The first kappa shape index (κ1) is 15.6. The summed E-state index contributed by atoms with van der Waals surface area (Å²) in [7, 11) is 0. The fraction of sp³-hybridized carbons (Fsp3) is 0.308. The van der Waals surface area contributed by atoms with Crippen LogP contribution in [-0.4, -0.2) is 9.78 Å². The molecule has 0 bridgehead atoms. The average Bonchev–Trinajstić information content (AvgIpc) is 2.77. The molecule has 4 nitrogen and oxygen atoms in total. The molecule has 0 aliphatic carbocycles. The third kappa shape index (κ3) is 3.11. The summed E-state index contributed by atoms with van der Waals surface area (Å²) in [6, 6.07) is 4.63. The van der Waals surface area contributed by atoms with Crippen LogP contribution < -0.4 is 11.3 Å². The molecule has 108 valence electrons. The fourth-order valence-corrected chi connectivity index (χ4v) is 2.85. The van der Waals surface area contributed by atoms with Crippen LogP contribution in [0, 0.1) is 5.82 Å². The molecule has 0 fully saturated rings. The lowest BCUT2D eigenvalue weighted by Gasteiger charge is -2.19. The minimum absolute atomic E-state index is 0.319. The van der Waals surface area contributed by atoms with Crippen molar-refractivity contribution in [2.75, 3.05) is 0 Å². The van der Waals surface area contributed by atoms with Gasteiger partial charge in [-0.05, 0) is 56.0 Å². The molecular weight excluding hydrogens is 391 g/mol. The van der Waals surface area contributed by atoms with Gasteiger partial charge in [0.05, 0.1) is 26.9 Å². The largest absolute Gasteiger partial charge is 0.271 e. The molecule has 0 amide bonds. The molecule has 1 atom stereocenters. The van der Waals surface area contributed by atoms with Crippen molar-refractivity contribution >= 4 is 31.9 Å². The number of hydrogen-bond acceptors (Lipinski definition) is 3. The first-order valence-corrected chi connectivity index (χ1v) is 7.79. The van der Waals surface area contributed by atoms with Gasteiger partial charge in [-0.1, -0.05) is 13.0 Å². The molecule has 1 unspecified atom stereocenters. The van der Waals surface area contributed by atoms with E-state index in [9.17, 15) is 4.39 Å². The number of hydrogen-bond donors (Lipinski definition) is 2. The quantitative estimate of drug-likeness (QED) is 0.591. The number of rotatable bonds is 5. The van der Waals surface area contributed by atoms with Gasteiger partial charge in [0.25, 0.3) is 0 Å². The minimum atomic E-state index is -0.332. The maximum Gasteiger partial charge on any atom is 0.137 e. The molecule has 3 N–H and O–H groups in total. The smallest absolute Gasteiger partial charge is 0.137 e. The van der Waals surface area contributed by atoms with E-state index in [0.29, 0.717) is 4.47 Å². The summed E-state index contributed by atoms with van der Waals surface area (Å²) in [6.45, 7) is 2.85. The van der Waals surface area contributed by atoms with Crippen LogP contribution in [0.5, 0.6) is 0 Å². The molecule has 1 aromatic heterocycles. The van der Waals surface area contributed by atoms with Gasteiger partial charge in [-0.25, -0.2) is 9.82 Å². The van der Waals surface area contributed by atoms with Gasteiger partial charge in [0.2, 0.25) is 0 Å². The second-order valence-corrected chi connectivity index (χ2v) is 6.08. The summed E-state index contributed by atoms with van der Waals surface area (Å²) in [6.07, 6.45) is 2.68. The van der Waals surface area contributed by atoms with Crippen LogP contribution in [0.15, 0.2) is 33.3 Å². The van der Waals surface area contributed by atoms with E-state index in [1.165, 1.54) is 6.07 Å². The highest BCUT2D eigenvalue weighted by molar-refractivity contribution is 9.10. The van der Waals surface area contributed by atoms with Crippen molar-refractivity contribution < 1.29 is 4.39 Å². The summed E-state index contributed by atoms with van der Waals surface area (Å²) in [5, 5.41) is 4.31. The second kappa shape index (κ2) is 6.80. The van der Waals surface area contributed by atoms with E-state index in [1.54, 1.807) is 12.3 Å². The highest BCUT2D eigenvalue weighted by Gasteiger charge is 2.21. The summed E-state index contributed by atoms with van der Waals surface area (Å²) in [5.74, 6) is 5.35. The number of nitrogens with one attached hydrogen (secondary N) is 1. The minimum Gasteiger partial charge on any atom is -0.271 e. The molecule has 1 heterocycles. The Morgan fingerprint density at radius 2 is 2.15 bits per heavy atom. The molecule has 2 aromatic rings. The first-order valence-electron chi connectivity index (χ1n) is 6.20. The molecule has 0 aliphatic rings. The zero-order valence-electron chi connectivity index (χ0n) is 10.9. The zero-order chi connectivity index (χ0) is 14.7. The van der Waals surface area contributed by atoms with Crippen molar-refractivity contribution in [3.8, 4) is 0 Å². The third-order valence-electron chi connectivity index (χ3n) is 2.99. The Morgan fingerprint density at radius 3 is 2.75 bits per heavy atom. The Hall–Kier alpha value is -0.760. The number of nitrogens with zero attached hydrogens (tertiary/aromatic N) is 2. The van der Waals surface area contributed by atoms with E-state index in [-0.39, 0.29) is 11.9 Å². The predicted octanol–water partition coefficient (Wildman–Crippen LogP) is 3.51. The van der Waals surface area contributed by atoms with Crippen molar-refractivity contribution in [1.82, 2.24) is 15.2 Å². The van der Waals surface area contributed by atoms with Gasteiger partial charge in [-0.2, -0.15) is 5.10 Å². The van der Waals surface area contributed by atoms with Gasteiger partial charge in [0.1, 0.15) is 5.82 Å². The summed E-state index contributed by atoms with van der Waals surface area (Å²) >= 11 is 6.63. The number of aryl methyl sites for hydroxylation is 1. The van der Waals surface area contributed by atoms with Crippen LogP contribution in [0.1, 0.15) is 30.6 Å². The average molecular weight is 406 g/mol. The van der Waals surface area contributed by atoms with Gasteiger partial charge < -0.3 is 0 Å². The van der Waals surface area contributed by atoms with Crippen molar-refractivity contribution in [2.24, 2.45) is 5.84 Å². The van der Waals surface area contributed by atoms with Gasteiger partial charge in [0, 0.05) is 6.54 Å². The standard InChI is InChI=1S/C13H15Br2FN4/c1-2-5-20-13(10(15)7-18-20)12(19-17)8-3-4-9(14)11(16)6-8/h3-4,6-7,12,19H,2,5,17H2,1H3. The number of hydrazine groups is 1. The van der Waals surface area contributed by atoms with Crippen molar-refractivity contribution in [3.63, 3.8) is 0 Å². The Balaban J connectivity index is 2.46.